The number of carbonyl (C=O) groups excluding carboxylic acids is 1. The Morgan fingerprint density at radius 1 is 1.16 bits per heavy atom. The molecule has 0 saturated carbocycles. The Kier molecular flexibility index (Phi) is 5.85. The van der Waals surface area contributed by atoms with Crippen LogP contribution in [0.1, 0.15) is 18.4 Å². The number of nitrogens with zero attached hydrogens (tertiary/aromatic N) is 4. The smallest absolute Gasteiger partial charge is 0.320 e. The van der Waals surface area contributed by atoms with Crippen molar-refractivity contribution in [2.75, 3.05) is 55.7 Å². The van der Waals surface area contributed by atoms with Crippen molar-refractivity contribution in [2.45, 2.75) is 19.3 Å². The summed E-state index contributed by atoms with van der Waals surface area (Å²) in [5, 5.41) is 0.973. The van der Waals surface area contributed by atoms with Gasteiger partial charge in [-0.25, -0.2) is 9.78 Å². The SMILES string of the molecule is NC(=O)N(CCCCN1CCN(c2cccc3c2OCC3)CC1)c1cc2cccnc2[nH]1. The van der Waals surface area contributed by atoms with E-state index in [4.69, 9.17) is 10.5 Å². The first-order valence-electron chi connectivity index (χ1n) is 11.4. The maximum atomic E-state index is 12.0. The minimum absolute atomic E-state index is 0.442. The van der Waals surface area contributed by atoms with Crippen LogP contribution >= 0.6 is 0 Å². The number of anilines is 2. The zero-order valence-electron chi connectivity index (χ0n) is 18.3. The van der Waals surface area contributed by atoms with Gasteiger partial charge in [0.15, 0.2) is 0 Å². The quantitative estimate of drug-likeness (QED) is 0.558. The Bertz CT molecular complexity index is 1060. The Labute approximate surface area is 187 Å². The molecule has 0 radical (unpaired) electrons. The lowest BCUT2D eigenvalue weighted by atomic mass is 10.1. The number of para-hydroxylation sites is 1. The summed E-state index contributed by atoms with van der Waals surface area (Å²) in [6.07, 6.45) is 4.66. The van der Waals surface area contributed by atoms with Gasteiger partial charge in [-0.15, -0.1) is 0 Å². The molecule has 3 aromatic rings. The second kappa shape index (κ2) is 9.08. The molecule has 2 aliphatic heterocycles. The number of aromatic amines is 1. The highest BCUT2D eigenvalue weighted by molar-refractivity contribution is 5.93. The molecule has 2 amide bonds. The largest absolute Gasteiger partial charge is 0.491 e. The lowest BCUT2D eigenvalue weighted by Gasteiger charge is -2.36. The Hall–Kier alpha value is -3.26. The molecule has 2 aliphatic rings. The van der Waals surface area contributed by atoms with Gasteiger partial charge in [-0.2, -0.15) is 0 Å². The van der Waals surface area contributed by atoms with Crippen molar-refractivity contribution in [1.29, 1.82) is 0 Å². The predicted molar refractivity (Wildman–Crippen MR) is 127 cm³/mol. The van der Waals surface area contributed by atoms with Gasteiger partial charge in [-0.3, -0.25) is 9.80 Å². The zero-order chi connectivity index (χ0) is 21.9. The highest BCUT2D eigenvalue weighted by Crippen LogP contribution is 2.36. The van der Waals surface area contributed by atoms with Crippen molar-refractivity contribution in [2.24, 2.45) is 5.73 Å². The summed E-state index contributed by atoms with van der Waals surface area (Å²) in [5.41, 5.74) is 8.98. The number of rotatable bonds is 7. The number of nitrogens with one attached hydrogen (secondary N) is 1. The van der Waals surface area contributed by atoms with Gasteiger partial charge >= 0.3 is 6.03 Å². The average Bonchev–Trinajstić information content (AvgIpc) is 3.46. The number of ether oxygens (including phenoxy) is 1. The number of piperazine rings is 1. The van der Waals surface area contributed by atoms with Crippen LogP contribution in [-0.2, 0) is 6.42 Å². The monoisotopic (exact) mass is 434 g/mol. The van der Waals surface area contributed by atoms with Gasteiger partial charge in [0.25, 0.3) is 0 Å². The number of hydrogen-bond donors (Lipinski definition) is 2. The molecule has 8 heteroatoms. The highest BCUT2D eigenvalue weighted by Gasteiger charge is 2.23. The molecule has 1 saturated heterocycles. The van der Waals surface area contributed by atoms with Crippen LogP contribution < -0.4 is 20.3 Å². The number of carbonyl (C=O) groups is 1. The van der Waals surface area contributed by atoms with Crippen LogP contribution in [0.5, 0.6) is 5.75 Å². The molecular formula is C24H30N6O2. The average molecular weight is 435 g/mol. The van der Waals surface area contributed by atoms with Crippen LogP contribution in [0.15, 0.2) is 42.6 Å². The molecule has 1 fully saturated rings. The van der Waals surface area contributed by atoms with E-state index < -0.39 is 6.03 Å². The van der Waals surface area contributed by atoms with Crippen LogP contribution in [0.4, 0.5) is 16.3 Å². The maximum absolute atomic E-state index is 12.0. The minimum atomic E-state index is -0.442. The molecule has 168 valence electrons. The number of amides is 2. The third-order valence-corrected chi connectivity index (χ3v) is 6.45. The van der Waals surface area contributed by atoms with E-state index in [1.165, 1.54) is 11.3 Å². The number of urea groups is 1. The number of aromatic nitrogens is 2. The van der Waals surface area contributed by atoms with Gasteiger partial charge in [-0.1, -0.05) is 12.1 Å². The van der Waals surface area contributed by atoms with Crippen LogP contribution in [0.2, 0.25) is 0 Å². The van der Waals surface area contributed by atoms with E-state index in [-0.39, 0.29) is 0 Å². The summed E-state index contributed by atoms with van der Waals surface area (Å²) < 4.78 is 5.88. The number of primary amides is 1. The fraction of sp³-hybridized carbons (Fsp3) is 0.417. The fourth-order valence-electron chi connectivity index (χ4n) is 4.70. The van der Waals surface area contributed by atoms with Gasteiger partial charge in [0.1, 0.15) is 17.2 Å². The van der Waals surface area contributed by atoms with E-state index >= 15 is 0 Å². The van der Waals surface area contributed by atoms with Crippen molar-refractivity contribution >= 4 is 28.6 Å². The molecule has 0 bridgehead atoms. The molecule has 0 atom stereocenters. The molecule has 4 heterocycles. The van der Waals surface area contributed by atoms with Crippen molar-refractivity contribution < 1.29 is 9.53 Å². The Balaban J connectivity index is 1.10. The van der Waals surface area contributed by atoms with Gasteiger partial charge in [0, 0.05) is 50.7 Å². The van der Waals surface area contributed by atoms with Gasteiger partial charge < -0.3 is 20.4 Å². The first-order chi connectivity index (χ1) is 15.7. The number of pyridine rings is 1. The van der Waals surface area contributed by atoms with Gasteiger partial charge in [-0.05, 0) is 49.2 Å². The zero-order valence-corrected chi connectivity index (χ0v) is 18.3. The molecule has 8 nitrogen and oxygen atoms in total. The first-order valence-corrected chi connectivity index (χ1v) is 11.4. The normalized spacial score (nSPS) is 16.2. The number of unbranched alkanes of at least 4 members (excludes halogenated alkanes) is 1. The Morgan fingerprint density at radius 2 is 2.03 bits per heavy atom. The van der Waals surface area contributed by atoms with E-state index in [2.05, 4.69) is 38.0 Å². The van der Waals surface area contributed by atoms with Crippen LogP contribution in [-0.4, -0.2) is 66.8 Å². The van der Waals surface area contributed by atoms with Crippen LogP contribution in [0.25, 0.3) is 11.0 Å². The summed E-state index contributed by atoms with van der Waals surface area (Å²) >= 11 is 0. The predicted octanol–water partition coefficient (Wildman–Crippen LogP) is 2.99. The third kappa shape index (κ3) is 4.23. The minimum Gasteiger partial charge on any atom is -0.491 e. The van der Waals surface area contributed by atoms with E-state index in [1.54, 1.807) is 11.1 Å². The molecule has 0 unspecified atom stereocenters. The van der Waals surface area contributed by atoms with Crippen molar-refractivity contribution in [3.63, 3.8) is 0 Å². The third-order valence-electron chi connectivity index (χ3n) is 6.45. The van der Waals surface area contributed by atoms with E-state index in [0.717, 1.165) is 75.4 Å². The molecular weight excluding hydrogens is 404 g/mol. The van der Waals surface area contributed by atoms with Crippen molar-refractivity contribution in [3.05, 3.63) is 48.2 Å². The van der Waals surface area contributed by atoms with E-state index in [0.29, 0.717) is 12.4 Å². The topological polar surface area (TPSA) is 90.7 Å². The molecule has 0 spiro atoms. The number of nitrogens with two attached hydrogens (primary N) is 1. The lowest BCUT2D eigenvalue weighted by Crippen LogP contribution is -2.46. The van der Waals surface area contributed by atoms with Gasteiger partial charge in [0.2, 0.25) is 0 Å². The van der Waals surface area contributed by atoms with Gasteiger partial charge in [0.05, 0.1) is 12.3 Å². The summed E-state index contributed by atoms with van der Waals surface area (Å²) in [4.78, 5) is 26.0. The summed E-state index contributed by atoms with van der Waals surface area (Å²) in [7, 11) is 0. The highest BCUT2D eigenvalue weighted by atomic mass is 16.5. The summed E-state index contributed by atoms with van der Waals surface area (Å²) in [5.74, 6) is 1.79. The molecule has 0 aliphatic carbocycles. The number of fused-ring (bicyclic) bond motifs is 2. The molecule has 2 aromatic heterocycles. The molecule has 3 N–H and O–H groups in total. The second-order valence-corrected chi connectivity index (χ2v) is 8.49. The first kappa shape index (κ1) is 20.6. The number of hydrogen-bond acceptors (Lipinski definition) is 5. The second-order valence-electron chi connectivity index (χ2n) is 8.49. The standard InChI is InChI=1S/C24H30N6O2/c25-24(31)30(21-17-19-6-4-9-26-23(19)27-21)11-2-1-10-28-12-14-29(15-13-28)20-7-3-5-18-8-16-32-22(18)20/h3-7,9,17H,1-2,8,10-16H2,(H2,25,31)(H,26,27). The van der Waals surface area contributed by atoms with E-state index in [1.807, 2.05) is 18.2 Å². The molecule has 32 heavy (non-hydrogen) atoms. The van der Waals surface area contributed by atoms with Crippen LogP contribution in [0, 0.1) is 0 Å². The Morgan fingerprint density at radius 3 is 2.84 bits per heavy atom. The van der Waals surface area contributed by atoms with Crippen molar-refractivity contribution in [1.82, 2.24) is 14.9 Å². The molecule has 1 aromatic carbocycles. The van der Waals surface area contributed by atoms with E-state index in [9.17, 15) is 4.79 Å². The molecule has 5 rings (SSSR count). The van der Waals surface area contributed by atoms with Crippen molar-refractivity contribution in [3.8, 4) is 5.75 Å². The number of H-pyrrole nitrogens is 1. The summed E-state index contributed by atoms with van der Waals surface area (Å²) in [6.45, 7) is 6.51. The lowest BCUT2D eigenvalue weighted by molar-refractivity contribution is 0.248. The fourth-order valence-corrected chi connectivity index (χ4v) is 4.70. The summed E-state index contributed by atoms with van der Waals surface area (Å²) in [6, 6.07) is 11.8. The number of benzene rings is 1. The van der Waals surface area contributed by atoms with Crippen LogP contribution in [0.3, 0.4) is 0 Å². The maximum Gasteiger partial charge on any atom is 0.320 e.